The fraction of sp³-hybridized carbons (Fsp3) is 1.00. The lowest BCUT2D eigenvalue weighted by atomic mass is 10.2. The average Bonchev–Trinajstić information content (AvgIpc) is 2.68. The van der Waals surface area contributed by atoms with Gasteiger partial charge in [0.05, 0.1) is 0 Å². The first kappa shape index (κ1) is 7.99. The molecule has 1 aliphatic rings. The molecule has 0 aromatic carbocycles. The van der Waals surface area contributed by atoms with Crippen molar-refractivity contribution in [2.24, 2.45) is 5.92 Å². The van der Waals surface area contributed by atoms with Crippen LogP contribution in [0.25, 0.3) is 0 Å². The second kappa shape index (κ2) is 3.33. The van der Waals surface area contributed by atoms with Crippen molar-refractivity contribution in [3.63, 3.8) is 0 Å². The van der Waals surface area contributed by atoms with Crippen LogP contribution in [0.4, 0.5) is 4.39 Å². The van der Waals surface area contributed by atoms with Gasteiger partial charge in [-0.05, 0) is 32.7 Å². The van der Waals surface area contributed by atoms with Crippen LogP contribution >= 0.6 is 0 Å². The van der Waals surface area contributed by atoms with Crippen molar-refractivity contribution in [2.45, 2.75) is 25.8 Å². The largest absolute Gasteiger partial charge is 0.301 e. The summed E-state index contributed by atoms with van der Waals surface area (Å²) >= 11 is 0. The molecule has 1 rings (SSSR count). The highest BCUT2D eigenvalue weighted by Crippen LogP contribution is 2.34. The molecule has 0 aromatic rings. The number of rotatable bonds is 4. The Morgan fingerprint density at radius 1 is 1.60 bits per heavy atom. The average molecular weight is 145 g/mol. The van der Waals surface area contributed by atoms with Crippen molar-refractivity contribution < 1.29 is 4.39 Å². The third kappa shape index (κ3) is 1.94. The van der Waals surface area contributed by atoms with Gasteiger partial charge in [0.25, 0.3) is 0 Å². The van der Waals surface area contributed by atoms with E-state index in [0.29, 0.717) is 12.6 Å². The van der Waals surface area contributed by atoms with Crippen molar-refractivity contribution in [1.82, 2.24) is 4.90 Å². The predicted molar refractivity (Wildman–Crippen MR) is 40.8 cm³/mol. The maximum Gasteiger partial charge on any atom is 0.102 e. The minimum absolute atomic E-state index is 0.215. The van der Waals surface area contributed by atoms with Gasteiger partial charge in [-0.3, -0.25) is 0 Å². The monoisotopic (exact) mass is 145 g/mol. The van der Waals surface area contributed by atoms with Crippen LogP contribution in [0.15, 0.2) is 0 Å². The van der Waals surface area contributed by atoms with E-state index in [1.807, 2.05) is 7.05 Å². The summed E-state index contributed by atoms with van der Waals surface area (Å²) < 4.78 is 11.8. The first-order valence-electron chi connectivity index (χ1n) is 4.02. The molecule has 1 aliphatic carbocycles. The number of alkyl halides is 1. The molecule has 0 radical (unpaired) electrons. The Morgan fingerprint density at radius 2 is 2.20 bits per heavy atom. The van der Waals surface area contributed by atoms with Gasteiger partial charge in [-0.2, -0.15) is 0 Å². The summed E-state index contributed by atoms with van der Waals surface area (Å²) in [5.74, 6) is 0.858. The molecule has 1 atom stereocenters. The van der Waals surface area contributed by atoms with Gasteiger partial charge in [0.15, 0.2) is 0 Å². The van der Waals surface area contributed by atoms with E-state index in [1.54, 1.807) is 0 Å². The summed E-state index contributed by atoms with van der Waals surface area (Å²) in [6.07, 6.45) is 2.69. The highest BCUT2D eigenvalue weighted by molar-refractivity contribution is 4.83. The molecular weight excluding hydrogens is 129 g/mol. The molecular formula is C8H16FN. The van der Waals surface area contributed by atoms with E-state index in [-0.39, 0.29) is 6.67 Å². The third-order valence-electron chi connectivity index (χ3n) is 2.44. The molecule has 1 saturated carbocycles. The van der Waals surface area contributed by atoms with Crippen LogP contribution in [0.1, 0.15) is 19.8 Å². The second-order valence-corrected chi connectivity index (χ2v) is 3.25. The Balaban J connectivity index is 2.17. The van der Waals surface area contributed by atoms with Crippen molar-refractivity contribution in [1.29, 1.82) is 0 Å². The Kier molecular flexibility index (Phi) is 2.66. The Morgan fingerprint density at radius 3 is 2.60 bits per heavy atom. The molecule has 1 unspecified atom stereocenters. The van der Waals surface area contributed by atoms with E-state index in [2.05, 4.69) is 11.8 Å². The zero-order valence-corrected chi connectivity index (χ0v) is 6.81. The number of nitrogens with zero attached hydrogens (tertiary/aromatic N) is 1. The molecule has 10 heavy (non-hydrogen) atoms. The first-order valence-corrected chi connectivity index (χ1v) is 4.02. The molecule has 0 bridgehead atoms. The summed E-state index contributed by atoms with van der Waals surface area (Å²) in [5.41, 5.74) is 0. The van der Waals surface area contributed by atoms with E-state index in [4.69, 9.17) is 0 Å². The molecule has 2 heteroatoms. The molecule has 1 nitrogen and oxygen atoms in total. The fourth-order valence-corrected chi connectivity index (χ4v) is 1.28. The van der Waals surface area contributed by atoms with E-state index in [1.165, 1.54) is 12.8 Å². The molecule has 0 N–H and O–H groups in total. The van der Waals surface area contributed by atoms with Crippen LogP contribution in [-0.2, 0) is 0 Å². The van der Waals surface area contributed by atoms with Gasteiger partial charge in [0.1, 0.15) is 6.67 Å². The van der Waals surface area contributed by atoms with Gasteiger partial charge < -0.3 is 4.90 Å². The molecule has 0 aromatic heterocycles. The quantitative estimate of drug-likeness (QED) is 0.582. The zero-order chi connectivity index (χ0) is 7.56. The Labute approximate surface area is 62.2 Å². The minimum atomic E-state index is -0.215. The summed E-state index contributed by atoms with van der Waals surface area (Å²) in [4.78, 5) is 2.11. The van der Waals surface area contributed by atoms with Crippen molar-refractivity contribution in [3.8, 4) is 0 Å². The zero-order valence-electron chi connectivity index (χ0n) is 6.81. The van der Waals surface area contributed by atoms with E-state index in [9.17, 15) is 4.39 Å². The molecule has 1 fully saturated rings. The lowest BCUT2D eigenvalue weighted by Crippen LogP contribution is -2.32. The topological polar surface area (TPSA) is 3.24 Å². The predicted octanol–water partition coefficient (Wildman–Crippen LogP) is 1.69. The molecule has 0 amide bonds. The van der Waals surface area contributed by atoms with Gasteiger partial charge in [-0.25, -0.2) is 4.39 Å². The second-order valence-electron chi connectivity index (χ2n) is 3.25. The van der Waals surface area contributed by atoms with Gasteiger partial charge in [0, 0.05) is 12.6 Å². The number of hydrogen-bond acceptors (Lipinski definition) is 1. The van der Waals surface area contributed by atoms with Crippen LogP contribution in [0.5, 0.6) is 0 Å². The van der Waals surface area contributed by atoms with Crippen LogP contribution in [0.2, 0.25) is 0 Å². The first-order chi connectivity index (χ1) is 4.75. The molecule has 0 saturated heterocycles. The van der Waals surface area contributed by atoms with Crippen molar-refractivity contribution >= 4 is 0 Å². The molecule has 0 heterocycles. The summed E-state index contributed by atoms with van der Waals surface area (Å²) in [5, 5.41) is 0. The number of halogens is 1. The van der Waals surface area contributed by atoms with Gasteiger partial charge in [-0.15, -0.1) is 0 Å². The fourth-order valence-electron chi connectivity index (χ4n) is 1.28. The number of hydrogen-bond donors (Lipinski definition) is 0. The van der Waals surface area contributed by atoms with Crippen LogP contribution in [0.3, 0.4) is 0 Å². The van der Waals surface area contributed by atoms with Crippen molar-refractivity contribution in [3.05, 3.63) is 0 Å². The van der Waals surface area contributed by atoms with Gasteiger partial charge >= 0.3 is 0 Å². The smallest absolute Gasteiger partial charge is 0.102 e. The molecule has 0 spiro atoms. The summed E-state index contributed by atoms with van der Waals surface area (Å²) in [6, 6.07) is 0.593. The van der Waals surface area contributed by atoms with Crippen LogP contribution in [-0.4, -0.2) is 31.2 Å². The SMILES string of the molecule is CC(C1CC1)N(C)CCF. The highest BCUT2D eigenvalue weighted by atomic mass is 19.1. The maximum absolute atomic E-state index is 11.8. The lowest BCUT2D eigenvalue weighted by molar-refractivity contribution is 0.215. The van der Waals surface area contributed by atoms with E-state index >= 15 is 0 Å². The van der Waals surface area contributed by atoms with Crippen LogP contribution in [0, 0.1) is 5.92 Å². The molecule has 60 valence electrons. The highest BCUT2D eigenvalue weighted by Gasteiger charge is 2.29. The van der Waals surface area contributed by atoms with E-state index < -0.39 is 0 Å². The lowest BCUT2D eigenvalue weighted by Gasteiger charge is -2.22. The summed E-state index contributed by atoms with van der Waals surface area (Å²) in [7, 11) is 2.00. The maximum atomic E-state index is 11.8. The van der Waals surface area contributed by atoms with Crippen molar-refractivity contribution in [2.75, 3.05) is 20.3 Å². The normalized spacial score (nSPS) is 21.6. The third-order valence-corrected chi connectivity index (χ3v) is 2.44. The van der Waals surface area contributed by atoms with E-state index in [0.717, 1.165) is 5.92 Å². The Hall–Kier alpha value is -0.110. The van der Waals surface area contributed by atoms with Crippen LogP contribution < -0.4 is 0 Å². The van der Waals surface area contributed by atoms with Gasteiger partial charge in [-0.1, -0.05) is 0 Å². The summed E-state index contributed by atoms with van der Waals surface area (Å²) in [6.45, 7) is 2.57. The minimum Gasteiger partial charge on any atom is -0.301 e. The Bertz CT molecular complexity index is 101. The van der Waals surface area contributed by atoms with Gasteiger partial charge in [0.2, 0.25) is 0 Å². The standard InChI is InChI=1S/C8H16FN/c1-7(8-3-4-8)10(2)6-5-9/h7-8H,3-6H2,1-2H3. The molecule has 0 aliphatic heterocycles.